The van der Waals surface area contributed by atoms with Gasteiger partial charge in [0.15, 0.2) is 0 Å². The summed E-state index contributed by atoms with van der Waals surface area (Å²) in [5.74, 6) is 4.13. The fraction of sp³-hybridized carbons (Fsp3) is 0.524. The summed E-state index contributed by atoms with van der Waals surface area (Å²) in [4.78, 5) is 35.9. The van der Waals surface area contributed by atoms with Crippen LogP contribution in [0, 0.1) is 13.8 Å². The molecule has 0 unspecified atom stereocenters. The number of nitrogens with one attached hydrogen (secondary N) is 4. The van der Waals surface area contributed by atoms with Gasteiger partial charge in [0.2, 0.25) is 11.8 Å². The maximum atomic E-state index is 13.0. The Balaban J connectivity index is 0.664. The van der Waals surface area contributed by atoms with Crippen LogP contribution in [-0.2, 0) is 9.59 Å². The van der Waals surface area contributed by atoms with Gasteiger partial charge in [0.25, 0.3) is 0 Å². The van der Waals surface area contributed by atoms with Gasteiger partial charge in [0, 0.05) is 114 Å². The van der Waals surface area contributed by atoms with E-state index in [0.717, 1.165) is 124 Å². The van der Waals surface area contributed by atoms with Crippen molar-refractivity contribution in [2.75, 3.05) is 99.8 Å². The van der Waals surface area contributed by atoms with Crippen LogP contribution in [0.4, 0.5) is 11.6 Å². The van der Waals surface area contributed by atoms with Crippen LogP contribution in [0.25, 0.3) is 11.4 Å². The van der Waals surface area contributed by atoms with E-state index in [1.165, 1.54) is 0 Å². The van der Waals surface area contributed by atoms with Gasteiger partial charge in [-0.3, -0.25) is 19.4 Å². The smallest absolute Gasteiger partial charge is 0.237 e. The van der Waals surface area contributed by atoms with E-state index in [9.17, 15) is 9.59 Å². The Labute approximate surface area is 350 Å². The minimum Gasteiger partial charge on any atom is -0.354 e. The van der Waals surface area contributed by atoms with Gasteiger partial charge in [0.1, 0.15) is 11.6 Å². The zero-order valence-corrected chi connectivity index (χ0v) is 35.4. The van der Waals surface area contributed by atoms with Crippen LogP contribution in [0.15, 0.2) is 72.8 Å². The number of hydrogen-bond donors (Lipinski definition) is 4. The molecule has 8 rings (SSSR count). The molecule has 2 aromatic carbocycles. The SMILES string of the molecule is Cc1cc(N2CCN([C@@H]3CN[C@H](C(=O)NCCSSCCNC(=O)[C@@H]4C[C@H](N5CCN(c6cc(C)nn6-c6ccccc6)CC5)CN4)C3)CC2)n(-c2ccccc2)n1. The molecular formula is C42H58N12O2S2. The number of rotatable bonds is 15. The van der Waals surface area contributed by atoms with Gasteiger partial charge in [-0.05, 0) is 51.0 Å². The zero-order valence-electron chi connectivity index (χ0n) is 33.8. The van der Waals surface area contributed by atoms with Gasteiger partial charge >= 0.3 is 0 Å². The largest absolute Gasteiger partial charge is 0.354 e. The van der Waals surface area contributed by atoms with Crippen LogP contribution in [0.5, 0.6) is 0 Å². The molecule has 6 heterocycles. The lowest BCUT2D eigenvalue weighted by molar-refractivity contribution is -0.123. The van der Waals surface area contributed by atoms with Gasteiger partial charge in [-0.2, -0.15) is 10.2 Å². The minimum atomic E-state index is -0.147. The molecule has 310 valence electrons. The topological polar surface area (TPSA) is 131 Å². The summed E-state index contributed by atoms with van der Waals surface area (Å²) < 4.78 is 4.10. The highest BCUT2D eigenvalue weighted by Crippen LogP contribution is 2.26. The molecule has 0 spiro atoms. The lowest BCUT2D eigenvalue weighted by Crippen LogP contribution is -2.51. The molecule has 58 heavy (non-hydrogen) atoms. The van der Waals surface area contributed by atoms with Crippen LogP contribution in [0.2, 0.25) is 0 Å². The zero-order chi connectivity index (χ0) is 39.8. The molecule has 4 aliphatic rings. The monoisotopic (exact) mass is 826 g/mol. The number of benzene rings is 2. The van der Waals surface area contributed by atoms with Gasteiger partial charge in [-0.25, -0.2) is 9.36 Å². The predicted molar refractivity (Wildman–Crippen MR) is 236 cm³/mol. The van der Waals surface area contributed by atoms with Crippen LogP contribution >= 0.6 is 21.6 Å². The molecule has 16 heteroatoms. The second-order valence-corrected chi connectivity index (χ2v) is 18.5. The van der Waals surface area contributed by atoms with Crippen LogP contribution in [0.3, 0.4) is 0 Å². The van der Waals surface area contributed by atoms with Crippen molar-refractivity contribution in [2.45, 2.75) is 50.9 Å². The summed E-state index contributed by atoms with van der Waals surface area (Å²) in [7, 11) is 3.48. The molecule has 0 saturated carbocycles. The van der Waals surface area contributed by atoms with E-state index in [-0.39, 0.29) is 23.9 Å². The summed E-state index contributed by atoms with van der Waals surface area (Å²) in [6.07, 6.45) is 1.67. The highest BCUT2D eigenvalue weighted by atomic mass is 33.1. The molecule has 2 amide bonds. The van der Waals surface area contributed by atoms with Crippen molar-refractivity contribution in [3.63, 3.8) is 0 Å². The van der Waals surface area contributed by atoms with Crippen molar-refractivity contribution in [3.8, 4) is 11.4 Å². The van der Waals surface area contributed by atoms with E-state index < -0.39 is 0 Å². The van der Waals surface area contributed by atoms with Crippen LogP contribution in [-0.4, -0.2) is 155 Å². The second kappa shape index (κ2) is 19.3. The number of carbonyl (C=O) groups excluding carboxylic acids is 2. The van der Waals surface area contributed by atoms with Crippen LogP contribution in [0.1, 0.15) is 24.2 Å². The van der Waals surface area contributed by atoms with Crippen molar-refractivity contribution in [2.24, 2.45) is 0 Å². The fourth-order valence-corrected chi connectivity index (χ4v) is 10.6. The summed E-state index contributed by atoms with van der Waals surface area (Å²) in [5.41, 5.74) is 4.19. The maximum absolute atomic E-state index is 13.0. The second-order valence-electron chi connectivity index (χ2n) is 15.8. The van der Waals surface area contributed by atoms with E-state index in [1.54, 1.807) is 21.6 Å². The number of para-hydroxylation sites is 2. The van der Waals surface area contributed by atoms with Gasteiger partial charge < -0.3 is 31.1 Å². The highest BCUT2D eigenvalue weighted by molar-refractivity contribution is 8.76. The number of amides is 2. The molecular weight excluding hydrogens is 769 g/mol. The Bertz CT molecular complexity index is 1810. The molecule has 4 aromatic rings. The van der Waals surface area contributed by atoms with E-state index in [1.807, 2.05) is 50.2 Å². The molecule has 2 aromatic heterocycles. The average molecular weight is 827 g/mol. The number of piperazine rings is 2. The Morgan fingerprint density at radius 3 is 1.41 bits per heavy atom. The lowest BCUT2D eigenvalue weighted by Gasteiger charge is -2.38. The first-order valence-electron chi connectivity index (χ1n) is 20.9. The third kappa shape index (κ3) is 9.86. The summed E-state index contributed by atoms with van der Waals surface area (Å²) in [6, 6.07) is 25.4. The molecule has 0 aliphatic carbocycles. The lowest BCUT2D eigenvalue weighted by atomic mass is 10.1. The first kappa shape index (κ1) is 40.7. The quantitative estimate of drug-likeness (QED) is 0.104. The van der Waals surface area contributed by atoms with Crippen molar-refractivity contribution < 1.29 is 9.59 Å². The Morgan fingerprint density at radius 2 is 1.02 bits per heavy atom. The minimum absolute atomic E-state index is 0.0936. The van der Waals surface area contributed by atoms with Gasteiger partial charge in [0.05, 0.1) is 34.8 Å². The molecule has 4 fully saturated rings. The van der Waals surface area contributed by atoms with E-state index in [4.69, 9.17) is 10.2 Å². The number of aryl methyl sites for hydroxylation is 2. The Hall–Kier alpha value is -4.06. The number of anilines is 2. The third-order valence-electron chi connectivity index (χ3n) is 11.8. The summed E-state index contributed by atoms with van der Waals surface area (Å²) in [5, 5.41) is 22.8. The number of aromatic nitrogens is 4. The third-order valence-corrected chi connectivity index (χ3v) is 14.2. The summed E-state index contributed by atoms with van der Waals surface area (Å²) in [6.45, 7) is 14.7. The standard InChI is InChI=1S/C42H58N12O2S2/c1-31-25-39(53(47-31)33-9-5-3-6-10-33)51-19-15-49(16-20-51)35-27-37(45-29-35)41(55)43-13-23-57-58-24-14-44-42(56)38-28-36(30-46-38)50-17-21-52(22-18-50)40-26-32(2)48-54(40)34-11-7-4-8-12-34/h3-12,25-26,35-38,45-46H,13-24,27-30H2,1-2H3,(H,43,55)(H,44,56)/t35-,36-,37-,38-/m0/s1. The molecule has 4 saturated heterocycles. The first-order chi connectivity index (χ1) is 28.4. The number of carbonyl (C=O) groups is 2. The number of hydrogen-bond acceptors (Lipinski definition) is 12. The highest BCUT2D eigenvalue weighted by Gasteiger charge is 2.36. The molecule has 0 radical (unpaired) electrons. The predicted octanol–water partition coefficient (Wildman–Crippen LogP) is 2.69. The van der Waals surface area contributed by atoms with Crippen molar-refractivity contribution in [1.29, 1.82) is 0 Å². The first-order valence-corrected chi connectivity index (χ1v) is 23.4. The van der Waals surface area contributed by atoms with Crippen molar-refractivity contribution in [3.05, 3.63) is 84.2 Å². The molecule has 4 N–H and O–H groups in total. The van der Waals surface area contributed by atoms with E-state index >= 15 is 0 Å². The summed E-state index contributed by atoms with van der Waals surface area (Å²) >= 11 is 0. The van der Waals surface area contributed by atoms with Gasteiger partial charge in [-0.1, -0.05) is 58.0 Å². The molecule has 0 bridgehead atoms. The van der Waals surface area contributed by atoms with Crippen molar-refractivity contribution in [1.82, 2.24) is 50.6 Å². The molecule has 4 aliphatic heterocycles. The average Bonchev–Trinajstić information content (AvgIpc) is 4.10. The van der Waals surface area contributed by atoms with Gasteiger partial charge in [-0.15, -0.1) is 0 Å². The Morgan fingerprint density at radius 1 is 0.621 bits per heavy atom. The van der Waals surface area contributed by atoms with Crippen molar-refractivity contribution >= 4 is 45.0 Å². The molecule has 4 atom stereocenters. The Kier molecular flexibility index (Phi) is 13.6. The van der Waals surface area contributed by atoms with Crippen LogP contribution < -0.4 is 31.1 Å². The number of nitrogens with zero attached hydrogens (tertiary/aromatic N) is 8. The van der Waals surface area contributed by atoms with E-state index in [2.05, 4.69) is 86.6 Å². The fourth-order valence-electron chi connectivity index (χ4n) is 8.76. The maximum Gasteiger partial charge on any atom is 0.237 e. The normalized spacial score (nSPS) is 23.1. The van der Waals surface area contributed by atoms with E-state index in [0.29, 0.717) is 25.2 Å². The molecule has 14 nitrogen and oxygen atoms in total.